The third-order valence-electron chi connectivity index (χ3n) is 3.99. The number of hydrogen-bond donors (Lipinski definition) is 0. The second kappa shape index (κ2) is 6.52. The van der Waals surface area contributed by atoms with E-state index in [0.29, 0.717) is 19.2 Å². The molecule has 5 nitrogen and oxygen atoms in total. The highest BCUT2D eigenvalue weighted by Gasteiger charge is 2.28. The molecule has 1 unspecified atom stereocenters. The lowest BCUT2D eigenvalue weighted by Gasteiger charge is -2.24. The molecule has 2 saturated heterocycles. The van der Waals surface area contributed by atoms with Gasteiger partial charge in [-0.05, 0) is 39.7 Å². The standard InChI is InChI=1S/C13H26N2O3S/c1-12(2)19(16,17)15-7-4-6-14(8-9-15)11-13-5-3-10-18-13/h12-13H,3-11H2,1-2H3. The first-order chi connectivity index (χ1) is 9.00. The van der Waals surface area contributed by atoms with Crippen LogP contribution in [0.3, 0.4) is 0 Å². The van der Waals surface area contributed by atoms with Crippen molar-refractivity contribution in [1.82, 2.24) is 9.21 Å². The molecule has 6 heteroatoms. The Hall–Kier alpha value is -0.170. The molecule has 0 aliphatic carbocycles. The normalized spacial score (nSPS) is 27.8. The van der Waals surface area contributed by atoms with Gasteiger partial charge in [-0.15, -0.1) is 0 Å². The Labute approximate surface area is 117 Å². The molecular formula is C13H26N2O3S. The fraction of sp³-hybridized carbons (Fsp3) is 1.00. The molecule has 0 bridgehead atoms. The van der Waals surface area contributed by atoms with Crippen LogP contribution in [0.5, 0.6) is 0 Å². The fourth-order valence-corrected chi connectivity index (χ4v) is 4.07. The topological polar surface area (TPSA) is 49.9 Å². The molecule has 0 aromatic carbocycles. The van der Waals surface area contributed by atoms with Crippen molar-refractivity contribution in [2.24, 2.45) is 0 Å². The van der Waals surface area contributed by atoms with Gasteiger partial charge in [0.1, 0.15) is 0 Å². The average molecular weight is 290 g/mol. The van der Waals surface area contributed by atoms with Crippen LogP contribution in [0.2, 0.25) is 0 Å². The smallest absolute Gasteiger partial charge is 0.216 e. The quantitative estimate of drug-likeness (QED) is 0.772. The molecule has 0 amide bonds. The molecule has 0 N–H and O–H groups in total. The molecule has 19 heavy (non-hydrogen) atoms. The van der Waals surface area contributed by atoms with Crippen LogP contribution < -0.4 is 0 Å². The molecule has 2 heterocycles. The number of ether oxygens (including phenoxy) is 1. The summed E-state index contributed by atoms with van der Waals surface area (Å²) >= 11 is 0. The molecule has 0 aromatic rings. The van der Waals surface area contributed by atoms with Crippen LogP contribution in [-0.2, 0) is 14.8 Å². The molecule has 0 spiro atoms. The van der Waals surface area contributed by atoms with Gasteiger partial charge in [0.15, 0.2) is 0 Å². The van der Waals surface area contributed by atoms with Crippen molar-refractivity contribution in [3.63, 3.8) is 0 Å². The maximum absolute atomic E-state index is 12.2. The summed E-state index contributed by atoms with van der Waals surface area (Å²) in [6.07, 6.45) is 3.57. The van der Waals surface area contributed by atoms with Crippen LogP contribution in [0.4, 0.5) is 0 Å². The van der Waals surface area contributed by atoms with Crippen molar-refractivity contribution in [3.8, 4) is 0 Å². The number of nitrogens with zero attached hydrogens (tertiary/aromatic N) is 2. The lowest BCUT2D eigenvalue weighted by atomic mass is 10.2. The van der Waals surface area contributed by atoms with Gasteiger partial charge in [-0.3, -0.25) is 4.90 Å². The zero-order valence-corrected chi connectivity index (χ0v) is 12.9. The lowest BCUT2D eigenvalue weighted by molar-refractivity contribution is 0.0749. The van der Waals surface area contributed by atoms with E-state index in [2.05, 4.69) is 4.90 Å². The molecule has 2 aliphatic rings. The summed E-state index contributed by atoms with van der Waals surface area (Å²) < 4.78 is 31.7. The van der Waals surface area contributed by atoms with Crippen LogP contribution in [0.15, 0.2) is 0 Å². The highest BCUT2D eigenvalue weighted by molar-refractivity contribution is 7.89. The minimum Gasteiger partial charge on any atom is -0.377 e. The monoisotopic (exact) mass is 290 g/mol. The van der Waals surface area contributed by atoms with Crippen molar-refractivity contribution in [1.29, 1.82) is 0 Å². The Morgan fingerprint density at radius 2 is 1.95 bits per heavy atom. The van der Waals surface area contributed by atoms with Crippen molar-refractivity contribution < 1.29 is 13.2 Å². The van der Waals surface area contributed by atoms with Gasteiger partial charge in [0.05, 0.1) is 11.4 Å². The molecule has 2 rings (SSSR count). The predicted octanol–water partition coefficient (Wildman–Crippen LogP) is 0.911. The maximum Gasteiger partial charge on any atom is 0.216 e. The fourth-order valence-electron chi connectivity index (χ4n) is 2.76. The number of sulfonamides is 1. The highest BCUT2D eigenvalue weighted by Crippen LogP contribution is 2.16. The Bertz CT molecular complexity index is 377. The molecule has 2 fully saturated rings. The SMILES string of the molecule is CC(C)S(=O)(=O)N1CCCN(CC2CCCO2)CC1. The summed E-state index contributed by atoms with van der Waals surface area (Å²) in [7, 11) is -3.10. The second-order valence-electron chi connectivity index (χ2n) is 5.78. The second-order valence-corrected chi connectivity index (χ2v) is 8.27. The van der Waals surface area contributed by atoms with Gasteiger partial charge in [0, 0.05) is 32.8 Å². The number of hydrogen-bond acceptors (Lipinski definition) is 4. The van der Waals surface area contributed by atoms with Gasteiger partial charge in [-0.2, -0.15) is 0 Å². The van der Waals surface area contributed by atoms with Crippen LogP contribution >= 0.6 is 0 Å². The zero-order chi connectivity index (χ0) is 13.9. The average Bonchev–Trinajstić information content (AvgIpc) is 2.73. The Morgan fingerprint density at radius 3 is 2.58 bits per heavy atom. The Morgan fingerprint density at radius 1 is 1.16 bits per heavy atom. The van der Waals surface area contributed by atoms with Gasteiger partial charge in [-0.1, -0.05) is 0 Å². The molecule has 112 valence electrons. The molecule has 2 aliphatic heterocycles. The van der Waals surface area contributed by atoms with Crippen molar-refractivity contribution in [3.05, 3.63) is 0 Å². The van der Waals surface area contributed by atoms with Crippen LogP contribution in [0.25, 0.3) is 0 Å². The minimum absolute atomic E-state index is 0.322. The first-order valence-electron chi connectivity index (χ1n) is 7.33. The van der Waals surface area contributed by atoms with E-state index in [-0.39, 0.29) is 5.25 Å². The van der Waals surface area contributed by atoms with E-state index >= 15 is 0 Å². The van der Waals surface area contributed by atoms with Gasteiger partial charge in [-0.25, -0.2) is 12.7 Å². The Balaban J connectivity index is 1.87. The van der Waals surface area contributed by atoms with E-state index in [1.165, 1.54) is 0 Å². The summed E-state index contributed by atoms with van der Waals surface area (Å²) in [5.41, 5.74) is 0. The number of rotatable bonds is 4. The minimum atomic E-state index is -3.10. The van der Waals surface area contributed by atoms with E-state index in [1.807, 2.05) is 0 Å². The van der Waals surface area contributed by atoms with E-state index in [4.69, 9.17) is 4.74 Å². The van der Waals surface area contributed by atoms with Crippen LogP contribution in [0, 0.1) is 0 Å². The summed E-state index contributed by atoms with van der Waals surface area (Å²) in [4.78, 5) is 2.35. The maximum atomic E-state index is 12.2. The zero-order valence-electron chi connectivity index (χ0n) is 12.0. The third-order valence-corrected chi connectivity index (χ3v) is 6.27. The van der Waals surface area contributed by atoms with E-state index in [0.717, 1.165) is 45.5 Å². The van der Waals surface area contributed by atoms with Crippen molar-refractivity contribution in [2.45, 2.75) is 44.5 Å². The van der Waals surface area contributed by atoms with Crippen LogP contribution in [-0.4, -0.2) is 68.3 Å². The van der Waals surface area contributed by atoms with Gasteiger partial charge in [0.2, 0.25) is 10.0 Å². The largest absolute Gasteiger partial charge is 0.377 e. The molecule has 0 aromatic heterocycles. The van der Waals surface area contributed by atoms with E-state index < -0.39 is 10.0 Å². The summed E-state index contributed by atoms with van der Waals surface area (Å²) in [5.74, 6) is 0. The van der Waals surface area contributed by atoms with Gasteiger partial charge < -0.3 is 4.74 Å². The molecular weight excluding hydrogens is 264 g/mol. The lowest BCUT2D eigenvalue weighted by Crippen LogP contribution is -2.40. The highest BCUT2D eigenvalue weighted by atomic mass is 32.2. The van der Waals surface area contributed by atoms with Crippen molar-refractivity contribution in [2.75, 3.05) is 39.3 Å². The first kappa shape index (κ1) is 15.2. The van der Waals surface area contributed by atoms with Crippen LogP contribution in [0.1, 0.15) is 33.1 Å². The summed E-state index contributed by atoms with van der Waals surface area (Å²) in [6.45, 7) is 8.42. The Kier molecular flexibility index (Phi) is 5.22. The summed E-state index contributed by atoms with van der Waals surface area (Å²) in [6, 6.07) is 0. The van der Waals surface area contributed by atoms with E-state index in [1.54, 1.807) is 18.2 Å². The predicted molar refractivity (Wildman–Crippen MR) is 75.7 cm³/mol. The van der Waals surface area contributed by atoms with Gasteiger partial charge >= 0.3 is 0 Å². The molecule has 1 atom stereocenters. The van der Waals surface area contributed by atoms with E-state index in [9.17, 15) is 8.42 Å². The van der Waals surface area contributed by atoms with Gasteiger partial charge in [0.25, 0.3) is 0 Å². The molecule has 0 radical (unpaired) electrons. The first-order valence-corrected chi connectivity index (χ1v) is 8.83. The summed E-state index contributed by atoms with van der Waals surface area (Å²) in [5, 5.41) is -0.322. The third kappa shape index (κ3) is 3.90. The molecule has 0 saturated carbocycles. The van der Waals surface area contributed by atoms with Crippen molar-refractivity contribution >= 4 is 10.0 Å².